The van der Waals surface area contributed by atoms with Crippen LogP contribution in [0.3, 0.4) is 0 Å². The van der Waals surface area contributed by atoms with Crippen molar-refractivity contribution < 1.29 is 27.4 Å². The summed E-state index contributed by atoms with van der Waals surface area (Å²) in [5, 5.41) is 26.6. The number of rotatable bonds is 5. The topological polar surface area (TPSA) is 173 Å². The average Bonchev–Trinajstić information content (AvgIpc) is 3.40. The number of piperidine rings is 1. The van der Waals surface area contributed by atoms with Crippen LogP contribution < -0.4 is 20.5 Å². The number of hydrogen-bond donors (Lipinski definition) is 5. The van der Waals surface area contributed by atoms with Gasteiger partial charge in [-0.1, -0.05) is 11.8 Å². The van der Waals surface area contributed by atoms with Gasteiger partial charge in [-0.25, -0.2) is 28.6 Å². The highest BCUT2D eigenvalue weighted by atomic mass is 32.2. The van der Waals surface area contributed by atoms with Crippen LogP contribution in [0, 0.1) is 29.4 Å². The van der Waals surface area contributed by atoms with Gasteiger partial charge < -0.3 is 25.4 Å². The van der Waals surface area contributed by atoms with E-state index in [1.807, 2.05) is 4.90 Å². The standard InChI is InChI=1S/C25H29F2N7O4S/c26-18-9-16(33-6-2-1-3-7-33)10-19(27)17(18)5-4-14-12-34(25-21(14)24(28)30-13-31-25)20-8-15(22(35)23(20)36)11-32-39(29,37)38/h9-10,12-13,15,20,22-23,32,35-36H,1-3,6-8,11H2,(H2,28,30,31)(H2,29,37,38)/t15-,20-,22-,23+/m1/s1. The van der Waals surface area contributed by atoms with Crippen LogP contribution in [0.4, 0.5) is 20.3 Å². The summed E-state index contributed by atoms with van der Waals surface area (Å²) in [4.78, 5) is 10.2. The molecule has 3 aromatic rings. The molecule has 0 spiro atoms. The number of hydrogen-bond acceptors (Lipinski definition) is 8. The molecule has 5 rings (SSSR count). The van der Waals surface area contributed by atoms with Gasteiger partial charge in [-0.2, -0.15) is 8.42 Å². The number of nitrogen functional groups attached to an aromatic ring is 1. The van der Waals surface area contributed by atoms with Gasteiger partial charge in [-0.3, -0.25) is 0 Å². The molecule has 0 bridgehead atoms. The summed E-state index contributed by atoms with van der Waals surface area (Å²) in [6.07, 6.45) is 3.42. The third-order valence-electron chi connectivity index (χ3n) is 7.38. The van der Waals surface area contributed by atoms with Crippen LogP contribution in [0.5, 0.6) is 0 Å². The van der Waals surface area contributed by atoms with Gasteiger partial charge >= 0.3 is 0 Å². The minimum atomic E-state index is -3.99. The first-order valence-electron chi connectivity index (χ1n) is 12.5. The van der Waals surface area contributed by atoms with Crippen LogP contribution in [0.1, 0.15) is 42.9 Å². The molecule has 11 nitrogen and oxygen atoms in total. The van der Waals surface area contributed by atoms with Crippen molar-refractivity contribution >= 4 is 32.7 Å². The molecule has 7 N–H and O–H groups in total. The van der Waals surface area contributed by atoms with Gasteiger partial charge in [0.05, 0.1) is 28.7 Å². The van der Waals surface area contributed by atoms with Gasteiger partial charge in [0.25, 0.3) is 10.2 Å². The lowest BCUT2D eigenvalue weighted by Crippen LogP contribution is -2.38. The molecule has 2 aliphatic rings. The zero-order valence-electron chi connectivity index (χ0n) is 20.9. The molecule has 1 aromatic carbocycles. The number of fused-ring (bicyclic) bond motifs is 1. The first-order valence-corrected chi connectivity index (χ1v) is 14.1. The van der Waals surface area contributed by atoms with Gasteiger partial charge in [0.15, 0.2) is 0 Å². The lowest BCUT2D eigenvalue weighted by Gasteiger charge is -2.29. The predicted molar refractivity (Wildman–Crippen MR) is 141 cm³/mol. The number of anilines is 2. The Morgan fingerprint density at radius 2 is 1.77 bits per heavy atom. The summed E-state index contributed by atoms with van der Waals surface area (Å²) in [6.45, 7) is 1.30. The Morgan fingerprint density at radius 1 is 1.08 bits per heavy atom. The molecule has 3 heterocycles. The highest BCUT2D eigenvalue weighted by Crippen LogP contribution is 2.38. The van der Waals surface area contributed by atoms with Crippen LogP contribution in [-0.4, -0.2) is 65.0 Å². The monoisotopic (exact) mass is 561 g/mol. The molecule has 1 aliphatic heterocycles. The van der Waals surface area contributed by atoms with E-state index in [0.29, 0.717) is 16.7 Å². The van der Waals surface area contributed by atoms with E-state index in [1.54, 1.807) is 4.57 Å². The van der Waals surface area contributed by atoms with Crippen molar-refractivity contribution in [2.24, 2.45) is 11.1 Å². The lowest BCUT2D eigenvalue weighted by atomic mass is 10.1. The summed E-state index contributed by atoms with van der Waals surface area (Å²) in [5.41, 5.74) is 6.75. The number of nitrogens with two attached hydrogens (primary N) is 2. The Hall–Kier alpha value is -3.35. The smallest absolute Gasteiger partial charge is 0.274 e. The minimum absolute atomic E-state index is 0.0740. The molecule has 14 heteroatoms. The number of aliphatic hydroxyl groups is 2. The zero-order valence-corrected chi connectivity index (χ0v) is 21.7. The van der Waals surface area contributed by atoms with Gasteiger partial charge in [-0.05, 0) is 37.8 Å². The fourth-order valence-corrected chi connectivity index (χ4v) is 5.85. The maximum Gasteiger partial charge on any atom is 0.274 e. The fraction of sp³-hybridized carbons (Fsp3) is 0.440. The van der Waals surface area contributed by atoms with Crippen LogP contribution in [-0.2, 0) is 10.2 Å². The lowest BCUT2D eigenvalue weighted by molar-refractivity contribution is 0.00769. The van der Waals surface area contributed by atoms with Crippen molar-refractivity contribution in [1.82, 2.24) is 19.3 Å². The van der Waals surface area contributed by atoms with E-state index in [-0.39, 0.29) is 24.3 Å². The molecule has 0 unspecified atom stereocenters. The van der Waals surface area contributed by atoms with Gasteiger partial charge in [0.1, 0.15) is 35.5 Å². The zero-order chi connectivity index (χ0) is 27.9. The Balaban J connectivity index is 1.49. The number of halogens is 2. The molecule has 4 atom stereocenters. The Morgan fingerprint density at radius 3 is 2.44 bits per heavy atom. The summed E-state index contributed by atoms with van der Waals surface area (Å²) < 4.78 is 56.2. The minimum Gasteiger partial charge on any atom is -0.390 e. The second-order valence-electron chi connectivity index (χ2n) is 9.93. The van der Waals surface area contributed by atoms with E-state index >= 15 is 0 Å². The summed E-state index contributed by atoms with van der Waals surface area (Å²) in [6, 6.07) is 1.84. The first kappa shape index (κ1) is 27.2. The van der Waals surface area contributed by atoms with Gasteiger partial charge in [0.2, 0.25) is 0 Å². The van der Waals surface area contributed by atoms with E-state index in [4.69, 9.17) is 10.9 Å². The number of nitrogens with zero attached hydrogens (tertiary/aromatic N) is 4. The third kappa shape index (κ3) is 5.54. The molecule has 2 aromatic heterocycles. The SMILES string of the molecule is Nc1ncnc2c1c(C#Cc1c(F)cc(N3CCCCC3)cc1F)cn2[C@@H]1C[C@H](CNS(N)(=O)=O)[C@@H](O)[C@H]1O. The quantitative estimate of drug-likeness (QED) is 0.284. The van der Waals surface area contributed by atoms with Crippen LogP contribution >= 0.6 is 0 Å². The molecular weight excluding hydrogens is 532 g/mol. The van der Waals surface area contributed by atoms with Crippen LogP contribution in [0.25, 0.3) is 11.0 Å². The average molecular weight is 562 g/mol. The van der Waals surface area contributed by atoms with Crippen molar-refractivity contribution in [2.45, 2.75) is 43.9 Å². The second kappa shape index (κ2) is 10.7. The molecule has 0 radical (unpaired) electrons. The Bertz CT molecular complexity index is 1540. The Kier molecular flexibility index (Phi) is 7.45. The highest BCUT2D eigenvalue weighted by molar-refractivity contribution is 7.87. The number of benzene rings is 1. The normalized spacial score (nSPS) is 23.7. The largest absolute Gasteiger partial charge is 0.390 e. The van der Waals surface area contributed by atoms with Crippen LogP contribution in [0.2, 0.25) is 0 Å². The summed E-state index contributed by atoms with van der Waals surface area (Å²) in [5.74, 6) is 3.21. The van der Waals surface area contributed by atoms with E-state index in [1.165, 1.54) is 24.7 Å². The molecule has 1 saturated heterocycles. The Labute approximate surface area is 224 Å². The van der Waals surface area contributed by atoms with E-state index < -0.39 is 51.6 Å². The van der Waals surface area contributed by atoms with Crippen molar-refractivity contribution in [1.29, 1.82) is 0 Å². The van der Waals surface area contributed by atoms with Crippen molar-refractivity contribution in [2.75, 3.05) is 30.3 Å². The third-order valence-corrected chi connectivity index (χ3v) is 7.95. The number of aliphatic hydroxyl groups excluding tert-OH is 2. The molecule has 1 aliphatic carbocycles. The highest BCUT2D eigenvalue weighted by Gasteiger charge is 2.43. The van der Waals surface area contributed by atoms with Gasteiger partial charge in [-0.15, -0.1) is 0 Å². The number of nitrogens with one attached hydrogen (secondary N) is 1. The molecule has 208 valence electrons. The molecule has 0 amide bonds. The van der Waals surface area contributed by atoms with Crippen molar-refractivity contribution in [3.05, 3.63) is 47.4 Å². The fourth-order valence-electron chi connectivity index (χ4n) is 5.40. The van der Waals surface area contributed by atoms with Crippen LogP contribution in [0.15, 0.2) is 24.7 Å². The first-order chi connectivity index (χ1) is 18.5. The predicted octanol–water partition coefficient (Wildman–Crippen LogP) is 0.758. The van der Waals surface area contributed by atoms with Crippen molar-refractivity contribution in [3.8, 4) is 11.8 Å². The second-order valence-corrected chi connectivity index (χ2v) is 11.3. The summed E-state index contributed by atoms with van der Waals surface area (Å²) in [7, 11) is -3.99. The van der Waals surface area contributed by atoms with Gasteiger partial charge in [0, 0.05) is 37.4 Å². The molecule has 39 heavy (non-hydrogen) atoms. The van der Waals surface area contributed by atoms with E-state index in [0.717, 1.165) is 32.4 Å². The molecule has 1 saturated carbocycles. The van der Waals surface area contributed by atoms with E-state index in [9.17, 15) is 27.4 Å². The maximum atomic E-state index is 15.0. The molecular formula is C25H29F2N7O4S. The van der Waals surface area contributed by atoms with Crippen molar-refractivity contribution in [3.63, 3.8) is 0 Å². The summed E-state index contributed by atoms with van der Waals surface area (Å²) >= 11 is 0. The maximum absolute atomic E-state index is 15.0. The van der Waals surface area contributed by atoms with E-state index in [2.05, 4.69) is 26.5 Å². The molecule has 2 fully saturated rings. The number of aromatic nitrogens is 3.